The molecule has 1 unspecified atom stereocenters. The summed E-state index contributed by atoms with van der Waals surface area (Å²) in [7, 11) is 6.54. The number of nitrogens with zero attached hydrogens (tertiary/aromatic N) is 1. The number of fused-ring (bicyclic) bond motifs is 1. The van der Waals surface area contributed by atoms with E-state index in [1.165, 1.54) is 11.1 Å². The Labute approximate surface area is 190 Å². The van der Waals surface area contributed by atoms with Crippen LogP contribution < -0.4 is 18.9 Å². The van der Waals surface area contributed by atoms with Gasteiger partial charge >= 0.3 is 0 Å². The second-order valence-electron chi connectivity index (χ2n) is 7.31. The summed E-state index contributed by atoms with van der Waals surface area (Å²) in [5.41, 5.74) is 3.35. The third kappa shape index (κ3) is 6.40. The van der Waals surface area contributed by atoms with Gasteiger partial charge in [0.25, 0.3) is 0 Å². The summed E-state index contributed by atoms with van der Waals surface area (Å²) in [5, 5.41) is 10.5. The molecule has 172 valence electrons. The molecule has 1 atom stereocenters. The van der Waals surface area contributed by atoms with Gasteiger partial charge in [-0.3, -0.25) is 4.90 Å². The van der Waals surface area contributed by atoms with Crippen molar-refractivity contribution in [1.82, 2.24) is 4.90 Å². The Morgan fingerprint density at radius 1 is 0.903 bits per heavy atom. The van der Waals surface area contributed by atoms with Crippen molar-refractivity contribution in [2.75, 3.05) is 48.1 Å². The summed E-state index contributed by atoms with van der Waals surface area (Å²) in [5.74, 6) is 2.97. The van der Waals surface area contributed by atoms with Gasteiger partial charge in [0.2, 0.25) is 0 Å². The maximum Gasteiger partial charge on any atom is 0.161 e. The monoisotopic (exact) mass is 453 g/mol. The van der Waals surface area contributed by atoms with E-state index in [9.17, 15) is 5.11 Å². The number of ether oxygens (including phenoxy) is 5. The van der Waals surface area contributed by atoms with E-state index in [1.54, 1.807) is 28.4 Å². The lowest BCUT2D eigenvalue weighted by Gasteiger charge is -2.31. The van der Waals surface area contributed by atoms with E-state index in [0.717, 1.165) is 48.1 Å². The predicted molar refractivity (Wildman–Crippen MR) is 121 cm³/mol. The quantitative estimate of drug-likeness (QED) is 0.592. The van der Waals surface area contributed by atoms with Gasteiger partial charge in [0.05, 0.1) is 47.8 Å². The fourth-order valence-electron chi connectivity index (χ4n) is 3.75. The Morgan fingerprint density at radius 2 is 1.58 bits per heavy atom. The van der Waals surface area contributed by atoms with E-state index in [-0.39, 0.29) is 19.0 Å². The second kappa shape index (κ2) is 12.0. The first-order chi connectivity index (χ1) is 14.6. The van der Waals surface area contributed by atoms with Crippen LogP contribution >= 0.6 is 12.4 Å². The van der Waals surface area contributed by atoms with Crippen LogP contribution in [0.3, 0.4) is 0 Å². The van der Waals surface area contributed by atoms with Crippen molar-refractivity contribution >= 4 is 12.4 Å². The predicted octanol–water partition coefficient (Wildman–Crippen LogP) is 3.08. The van der Waals surface area contributed by atoms with Crippen LogP contribution in [0.5, 0.6) is 23.0 Å². The first-order valence-corrected chi connectivity index (χ1v) is 10.0. The molecular weight excluding hydrogens is 422 g/mol. The molecular formula is C23H32ClNO6. The van der Waals surface area contributed by atoms with Crippen molar-refractivity contribution in [1.29, 1.82) is 0 Å². The molecule has 7 nitrogen and oxygen atoms in total. The van der Waals surface area contributed by atoms with Crippen LogP contribution in [0.1, 0.15) is 16.7 Å². The molecule has 0 saturated carbocycles. The number of aliphatic hydroxyl groups excluding tert-OH is 1. The highest BCUT2D eigenvalue weighted by molar-refractivity contribution is 5.85. The van der Waals surface area contributed by atoms with Crippen molar-refractivity contribution in [3.05, 3.63) is 47.0 Å². The van der Waals surface area contributed by atoms with Crippen molar-refractivity contribution in [3.8, 4) is 23.0 Å². The van der Waals surface area contributed by atoms with Gasteiger partial charge in [-0.25, -0.2) is 0 Å². The number of β-amino-alcohol motifs (C(OH)–C–C–N with tert-alkyl or cyclic N) is 1. The summed E-state index contributed by atoms with van der Waals surface area (Å²) in [4.78, 5) is 2.23. The van der Waals surface area contributed by atoms with Crippen LogP contribution in [0.15, 0.2) is 30.3 Å². The maximum atomic E-state index is 10.5. The molecule has 0 radical (unpaired) electrons. The van der Waals surface area contributed by atoms with Gasteiger partial charge in [-0.1, -0.05) is 0 Å². The van der Waals surface area contributed by atoms with E-state index >= 15 is 0 Å². The average Bonchev–Trinajstić information content (AvgIpc) is 2.77. The van der Waals surface area contributed by atoms with Crippen molar-refractivity contribution in [2.45, 2.75) is 25.7 Å². The van der Waals surface area contributed by atoms with E-state index in [0.29, 0.717) is 13.2 Å². The lowest BCUT2D eigenvalue weighted by molar-refractivity contribution is 0.00722. The molecule has 31 heavy (non-hydrogen) atoms. The molecule has 0 bridgehead atoms. The summed E-state index contributed by atoms with van der Waals surface area (Å²) < 4.78 is 27.2. The average molecular weight is 454 g/mol. The SMILES string of the molecule is COc1ccc(OC)c(COCC(O)CN2CCc3cc(OC)c(OC)cc3C2)c1.Cl. The maximum absolute atomic E-state index is 10.5. The fraction of sp³-hybridized carbons (Fsp3) is 0.478. The van der Waals surface area contributed by atoms with Gasteiger partial charge in [0.15, 0.2) is 11.5 Å². The number of benzene rings is 2. The van der Waals surface area contributed by atoms with Gasteiger partial charge in [-0.15, -0.1) is 12.4 Å². The van der Waals surface area contributed by atoms with Crippen molar-refractivity contribution in [2.24, 2.45) is 0 Å². The highest BCUT2D eigenvalue weighted by Crippen LogP contribution is 2.33. The van der Waals surface area contributed by atoms with Crippen LogP contribution in [-0.2, 0) is 24.3 Å². The Hall–Kier alpha value is -2.19. The molecule has 1 N–H and O–H groups in total. The minimum Gasteiger partial charge on any atom is -0.497 e. The van der Waals surface area contributed by atoms with Gasteiger partial charge < -0.3 is 28.8 Å². The zero-order valence-corrected chi connectivity index (χ0v) is 19.4. The van der Waals surface area contributed by atoms with Crippen LogP contribution in [0, 0.1) is 0 Å². The summed E-state index contributed by atoms with van der Waals surface area (Å²) in [6.07, 6.45) is 0.327. The van der Waals surface area contributed by atoms with Gasteiger partial charge in [-0.05, 0) is 47.9 Å². The molecule has 2 aromatic carbocycles. The standard InChI is InChI=1S/C23H31NO6.ClH/c1-26-20-5-6-21(27-2)18(9-20)14-30-15-19(25)13-24-8-7-16-10-22(28-3)23(29-4)11-17(16)12-24;/h5-6,9-11,19,25H,7-8,12-15H2,1-4H3;1H. The number of halogens is 1. The second-order valence-corrected chi connectivity index (χ2v) is 7.31. The van der Waals surface area contributed by atoms with E-state index in [1.807, 2.05) is 30.3 Å². The number of methoxy groups -OCH3 is 4. The molecule has 0 aromatic heterocycles. The summed E-state index contributed by atoms with van der Waals surface area (Å²) in [6, 6.07) is 9.65. The van der Waals surface area contributed by atoms with E-state index < -0.39 is 6.10 Å². The minimum absolute atomic E-state index is 0. The van der Waals surface area contributed by atoms with E-state index in [2.05, 4.69) is 4.90 Å². The van der Waals surface area contributed by atoms with Crippen LogP contribution in [0.25, 0.3) is 0 Å². The molecule has 0 saturated heterocycles. The first-order valence-electron chi connectivity index (χ1n) is 10.0. The van der Waals surface area contributed by atoms with Gasteiger partial charge in [0, 0.05) is 25.2 Å². The topological polar surface area (TPSA) is 69.6 Å². The molecule has 0 spiro atoms. The largest absolute Gasteiger partial charge is 0.497 e. The van der Waals surface area contributed by atoms with Crippen molar-refractivity contribution < 1.29 is 28.8 Å². The molecule has 0 aliphatic carbocycles. The van der Waals surface area contributed by atoms with Gasteiger partial charge in [-0.2, -0.15) is 0 Å². The molecule has 0 fully saturated rings. The van der Waals surface area contributed by atoms with Crippen LogP contribution in [0.4, 0.5) is 0 Å². The number of hydrogen-bond acceptors (Lipinski definition) is 7. The first kappa shape index (κ1) is 25.1. The zero-order chi connectivity index (χ0) is 21.5. The van der Waals surface area contributed by atoms with E-state index in [4.69, 9.17) is 23.7 Å². The van der Waals surface area contributed by atoms with Gasteiger partial charge in [0.1, 0.15) is 11.5 Å². The molecule has 0 amide bonds. The third-order valence-corrected chi connectivity index (χ3v) is 5.32. The highest BCUT2D eigenvalue weighted by atomic mass is 35.5. The normalized spacial score (nSPS) is 14.2. The molecule has 3 rings (SSSR count). The lowest BCUT2D eigenvalue weighted by Crippen LogP contribution is -2.38. The van der Waals surface area contributed by atoms with Crippen LogP contribution in [0.2, 0.25) is 0 Å². The number of rotatable bonds is 10. The minimum atomic E-state index is -0.580. The Balaban J connectivity index is 0.00000341. The lowest BCUT2D eigenvalue weighted by atomic mass is 9.98. The summed E-state index contributed by atoms with van der Waals surface area (Å²) >= 11 is 0. The molecule has 1 heterocycles. The highest BCUT2D eigenvalue weighted by Gasteiger charge is 2.21. The summed E-state index contributed by atoms with van der Waals surface area (Å²) in [6.45, 7) is 2.77. The molecule has 1 aliphatic heterocycles. The van der Waals surface area contributed by atoms with Crippen molar-refractivity contribution in [3.63, 3.8) is 0 Å². The molecule has 8 heteroatoms. The fourth-order valence-corrected chi connectivity index (χ4v) is 3.75. The number of aliphatic hydroxyl groups is 1. The Bertz CT molecular complexity index is 847. The zero-order valence-electron chi connectivity index (χ0n) is 18.6. The van der Waals surface area contributed by atoms with Crippen LogP contribution in [-0.4, -0.2) is 64.2 Å². The Kier molecular flexibility index (Phi) is 9.71. The number of hydrogen-bond donors (Lipinski definition) is 1. The third-order valence-electron chi connectivity index (χ3n) is 5.32. The molecule has 1 aliphatic rings. The smallest absolute Gasteiger partial charge is 0.161 e. The Morgan fingerprint density at radius 3 is 2.23 bits per heavy atom. The molecule has 2 aromatic rings.